The molecule has 0 spiro atoms. The van der Waals surface area contributed by atoms with Gasteiger partial charge in [0.15, 0.2) is 0 Å². The van der Waals surface area contributed by atoms with Crippen LogP contribution in [0.4, 0.5) is 0 Å². The average Bonchev–Trinajstić information content (AvgIpc) is 3.29. The van der Waals surface area contributed by atoms with Gasteiger partial charge in [-0.3, -0.25) is 0 Å². The molecule has 1 heterocycles. The van der Waals surface area contributed by atoms with E-state index < -0.39 is 0 Å². The number of aliphatic hydroxyl groups is 1. The van der Waals surface area contributed by atoms with Gasteiger partial charge in [0, 0.05) is 11.1 Å². The maximum absolute atomic E-state index is 10.2. The predicted octanol–water partition coefficient (Wildman–Crippen LogP) is 5.81. The van der Waals surface area contributed by atoms with Crippen LogP contribution in [0.2, 0.25) is 0 Å². The van der Waals surface area contributed by atoms with Crippen molar-refractivity contribution in [1.29, 1.82) is 0 Å². The minimum Gasteiger partial charge on any atom is -0.393 e. The first-order valence-corrected chi connectivity index (χ1v) is 11.5. The van der Waals surface area contributed by atoms with Gasteiger partial charge in [-0.05, 0) is 80.2 Å². The first kappa shape index (κ1) is 17.9. The quantitative estimate of drug-likeness (QED) is 0.626. The molecule has 2 aromatic rings. The molecule has 2 saturated carbocycles. The van der Waals surface area contributed by atoms with Gasteiger partial charge in [-0.15, -0.1) is 0 Å². The first-order chi connectivity index (χ1) is 14.0. The summed E-state index contributed by atoms with van der Waals surface area (Å²) in [5.74, 6) is 2.26. The van der Waals surface area contributed by atoms with Gasteiger partial charge in [0.05, 0.1) is 17.1 Å². The molecule has 1 aromatic heterocycles. The lowest BCUT2D eigenvalue weighted by Gasteiger charge is -2.57. The number of hydrogen-bond donors (Lipinski definition) is 1. The van der Waals surface area contributed by atoms with Crippen LogP contribution in [0.15, 0.2) is 48.3 Å². The monoisotopic (exact) mass is 388 g/mol. The van der Waals surface area contributed by atoms with Crippen molar-refractivity contribution in [2.24, 2.45) is 28.6 Å². The van der Waals surface area contributed by atoms with Crippen molar-refractivity contribution in [1.82, 2.24) is 9.55 Å². The molecule has 4 aliphatic rings. The van der Waals surface area contributed by atoms with Crippen molar-refractivity contribution < 1.29 is 5.11 Å². The van der Waals surface area contributed by atoms with Crippen LogP contribution in [0.1, 0.15) is 58.8 Å². The Kier molecular flexibility index (Phi) is 3.76. The number of rotatable bonds is 1. The summed E-state index contributed by atoms with van der Waals surface area (Å²) in [6.45, 7) is 5.03. The zero-order chi connectivity index (χ0) is 19.8. The number of para-hydroxylation sites is 2. The smallest absolute Gasteiger partial charge is 0.100 e. The van der Waals surface area contributed by atoms with Crippen LogP contribution in [-0.4, -0.2) is 20.8 Å². The fraction of sp³-hybridized carbons (Fsp3) is 0.577. The second kappa shape index (κ2) is 6.07. The second-order valence-corrected chi connectivity index (χ2v) is 10.5. The van der Waals surface area contributed by atoms with Crippen molar-refractivity contribution in [2.45, 2.75) is 64.9 Å². The van der Waals surface area contributed by atoms with Gasteiger partial charge in [-0.1, -0.05) is 43.7 Å². The van der Waals surface area contributed by atoms with Gasteiger partial charge < -0.3 is 9.67 Å². The third-order valence-corrected chi connectivity index (χ3v) is 9.33. The molecule has 0 amide bonds. The van der Waals surface area contributed by atoms with Crippen molar-refractivity contribution in [2.75, 3.05) is 0 Å². The summed E-state index contributed by atoms with van der Waals surface area (Å²) >= 11 is 0. The van der Waals surface area contributed by atoms with E-state index in [-0.39, 0.29) is 11.5 Å². The Bertz CT molecular complexity index is 1030. The number of benzene rings is 1. The van der Waals surface area contributed by atoms with E-state index in [9.17, 15) is 5.11 Å². The van der Waals surface area contributed by atoms with Crippen molar-refractivity contribution in [3.63, 3.8) is 0 Å². The molecule has 29 heavy (non-hydrogen) atoms. The molecule has 1 N–H and O–H groups in total. The van der Waals surface area contributed by atoms with Crippen LogP contribution in [0.25, 0.3) is 16.7 Å². The van der Waals surface area contributed by atoms with E-state index in [0.29, 0.717) is 5.41 Å². The highest BCUT2D eigenvalue weighted by atomic mass is 16.3. The molecular formula is C26H32N2O. The van der Waals surface area contributed by atoms with Crippen LogP contribution >= 0.6 is 0 Å². The number of aliphatic hydroxyl groups excluding tert-OH is 1. The molecule has 0 radical (unpaired) electrons. The van der Waals surface area contributed by atoms with Crippen LogP contribution < -0.4 is 0 Å². The van der Waals surface area contributed by atoms with E-state index in [1.807, 2.05) is 6.33 Å². The molecule has 152 valence electrons. The summed E-state index contributed by atoms with van der Waals surface area (Å²) in [6, 6.07) is 8.52. The number of hydrogen-bond acceptors (Lipinski definition) is 2. The molecule has 3 heteroatoms. The van der Waals surface area contributed by atoms with Gasteiger partial charge >= 0.3 is 0 Å². The zero-order valence-electron chi connectivity index (χ0n) is 17.6. The van der Waals surface area contributed by atoms with Crippen LogP contribution in [0.5, 0.6) is 0 Å². The second-order valence-electron chi connectivity index (χ2n) is 10.5. The molecule has 3 nitrogen and oxygen atoms in total. The van der Waals surface area contributed by atoms with E-state index >= 15 is 0 Å². The molecule has 0 saturated heterocycles. The lowest BCUT2D eigenvalue weighted by Crippen LogP contribution is -2.50. The standard InChI is InChI=1S/C26H32N2O/c1-25-13-11-18(29)15-17(25)7-8-19-20-9-10-24(26(20,2)14-12-21(19)25)28-16-27-22-5-3-4-6-23(22)28/h3-7,10,16,18-21,29H,8-9,11-15H2,1-2H3/t18-,19?,20?,21?,25-,26?/m0/s1. The number of aromatic nitrogens is 2. The first-order valence-electron chi connectivity index (χ1n) is 11.5. The normalized spacial score (nSPS) is 41.3. The van der Waals surface area contributed by atoms with Gasteiger partial charge in [0.2, 0.25) is 0 Å². The third-order valence-electron chi connectivity index (χ3n) is 9.33. The molecule has 0 aliphatic heterocycles. The Labute approximate surface area is 173 Å². The number of allylic oxidation sites excluding steroid dienone is 3. The Hall–Kier alpha value is -1.87. The molecular weight excluding hydrogens is 356 g/mol. The summed E-state index contributed by atoms with van der Waals surface area (Å²) < 4.78 is 2.37. The third kappa shape index (κ3) is 2.37. The maximum atomic E-state index is 10.2. The van der Waals surface area contributed by atoms with E-state index in [0.717, 1.165) is 42.5 Å². The largest absolute Gasteiger partial charge is 0.393 e. The van der Waals surface area contributed by atoms with Gasteiger partial charge in [0.25, 0.3) is 0 Å². The number of imidazole rings is 1. The Morgan fingerprint density at radius 2 is 1.83 bits per heavy atom. The molecule has 4 unspecified atom stereocenters. The van der Waals surface area contributed by atoms with Crippen LogP contribution in [0, 0.1) is 28.6 Å². The Morgan fingerprint density at radius 3 is 2.72 bits per heavy atom. The molecule has 4 aliphatic carbocycles. The summed E-state index contributed by atoms with van der Waals surface area (Å²) in [5.41, 5.74) is 5.92. The maximum Gasteiger partial charge on any atom is 0.100 e. The minimum absolute atomic E-state index is 0.117. The summed E-state index contributed by atoms with van der Waals surface area (Å²) in [5, 5.41) is 10.2. The van der Waals surface area contributed by atoms with E-state index in [2.05, 4.69) is 59.8 Å². The lowest BCUT2D eigenvalue weighted by molar-refractivity contribution is -0.0249. The van der Waals surface area contributed by atoms with Crippen molar-refractivity contribution in [3.05, 3.63) is 48.3 Å². The fourth-order valence-corrected chi connectivity index (χ4v) is 7.71. The van der Waals surface area contributed by atoms with Crippen LogP contribution in [0.3, 0.4) is 0 Å². The molecule has 0 bridgehead atoms. The Balaban J connectivity index is 1.36. The number of nitrogens with zero attached hydrogens (tertiary/aromatic N) is 2. The number of fused-ring (bicyclic) bond motifs is 6. The summed E-state index contributed by atoms with van der Waals surface area (Å²) in [4.78, 5) is 4.67. The fourth-order valence-electron chi connectivity index (χ4n) is 7.71. The SMILES string of the molecule is CC12CCC3C(CC=C4C[C@@H](O)CC[C@@]43C)C1CC=C2n1cnc2ccccc21. The van der Waals surface area contributed by atoms with Crippen molar-refractivity contribution >= 4 is 16.7 Å². The molecule has 1 aromatic carbocycles. The van der Waals surface area contributed by atoms with Gasteiger partial charge in [-0.2, -0.15) is 0 Å². The van der Waals surface area contributed by atoms with Crippen LogP contribution in [-0.2, 0) is 0 Å². The highest BCUT2D eigenvalue weighted by Crippen LogP contribution is 2.65. The average molecular weight is 389 g/mol. The molecule has 2 fully saturated rings. The topological polar surface area (TPSA) is 38.0 Å². The predicted molar refractivity (Wildman–Crippen MR) is 117 cm³/mol. The van der Waals surface area contributed by atoms with Crippen molar-refractivity contribution in [3.8, 4) is 0 Å². The van der Waals surface area contributed by atoms with E-state index in [4.69, 9.17) is 0 Å². The summed E-state index contributed by atoms with van der Waals surface area (Å²) in [6.07, 6.45) is 15.0. The minimum atomic E-state index is -0.117. The highest BCUT2D eigenvalue weighted by molar-refractivity contribution is 5.80. The zero-order valence-corrected chi connectivity index (χ0v) is 17.6. The summed E-state index contributed by atoms with van der Waals surface area (Å²) in [7, 11) is 0. The molecule has 6 rings (SSSR count). The van der Waals surface area contributed by atoms with Gasteiger partial charge in [0.1, 0.15) is 6.33 Å². The lowest BCUT2D eigenvalue weighted by atomic mass is 9.48. The van der Waals surface area contributed by atoms with E-state index in [1.54, 1.807) is 5.57 Å². The van der Waals surface area contributed by atoms with E-state index in [1.165, 1.54) is 36.9 Å². The Morgan fingerprint density at radius 1 is 1.00 bits per heavy atom. The molecule has 6 atom stereocenters. The van der Waals surface area contributed by atoms with Gasteiger partial charge in [-0.25, -0.2) is 4.98 Å². The highest BCUT2D eigenvalue weighted by Gasteiger charge is 2.57.